The minimum atomic E-state index is -0.837. The highest BCUT2D eigenvalue weighted by Crippen LogP contribution is 2.28. The van der Waals surface area contributed by atoms with Crippen LogP contribution in [0.2, 0.25) is 0 Å². The number of hydrogen-bond acceptors (Lipinski definition) is 3. The Morgan fingerprint density at radius 2 is 2.00 bits per heavy atom. The third kappa shape index (κ3) is 2.54. The average Bonchev–Trinajstić information content (AvgIpc) is 2.29. The number of rotatable bonds is 3. The van der Waals surface area contributed by atoms with Gasteiger partial charge in [-0.25, -0.2) is 0 Å². The van der Waals surface area contributed by atoms with Crippen molar-refractivity contribution in [3.8, 4) is 5.75 Å². The van der Waals surface area contributed by atoms with Gasteiger partial charge in [-0.05, 0) is 19.1 Å². The van der Waals surface area contributed by atoms with Crippen LogP contribution in [-0.2, 0) is 4.79 Å². The summed E-state index contributed by atoms with van der Waals surface area (Å²) in [6.45, 7) is 4.36. The highest BCUT2D eigenvalue weighted by molar-refractivity contribution is 5.97. The van der Waals surface area contributed by atoms with Gasteiger partial charge in [-0.2, -0.15) is 0 Å². The molecule has 0 saturated carbocycles. The van der Waals surface area contributed by atoms with E-state index in [1.54, 1.807) is 24.0 Å². The van der Waals surface area contributed by atoms with Crippen molar-refractivity contribution in [2.75, 3.05) is 13.1 Å². The van der Waals surface area contributed by atoms with Gasteiger partial charge in [0.15, 0.2) is 0 Å². The van der Waals surface area contributed by atoms with Crippen LogP contribution in [0.3, 0.4) is 0 Å². The molecule has 1 fully saturated rings. The maximum absolute atomic E-state index is 12.2. The zero-order chi connectivity index (χ0) is 14.2. The second-order valence-electron chi connectivity index (χ2n) is 5.12. The lowest BCUT2D eigenvalue weighted by Crippen LogP contribution is -2.53. The molecule has 1 aromatic rings. The molecule has 0 aliphatic carbocycles. The van der Waals surface area contributed by atoms with Crippen molar-refractivity contribution in [2.24, 2.45) is 11.8 Å². The molecule has 1 aliphatic rings. The van der Waals surface area contributed by atoms with Gasteiger partial charge in [-0.1, -0.05) is 18.6 Å². The third-order valence-corrected chi connectivity index (χ3v) is 3.68. The molecular weight excluding hydrogens is 246 g/mol. The number of phenols is 1. The van der Waals surface area contributed by atoms with E-state index in [-0.39, 0.29) is 23.1 Å². The third-order valence-electron chi connectivity index (χ3n) is 3.68. The van der Waals surface area contributed by atoms with Crippen molar-refractivity contribution in [1.82, 2.24) is 4.90 Å². The van der Waals surface area contributed by atoms with Gasteiger partial charge in [-0.15, -0.1) is 0 Å². The van der Waals surface area contributed by atoms with Gasteiger partial charge in [0.05, 0.1) is 11.5 Å². The Hall–Kier alpha value is -2.04. The average molecular weight is 263 g/mol. The number of aromatic hydroxyl groups is 1. The minimum absolute atomic E-state index is 0.00611. The fraction of sp³-hybridized carbons (Fsp3) is 0.429. The summed E-state index contributed by atoms with van der Waals surface area (Å²) in [5.74, 6) is -1.57. The standard InChI is InChI=1S/C14H17NO4/c1-8-3-4-12(16)11(5-8)13(17)15-6-10(7-15)9(2)14(18)19/h3-5,9-10,16H,6-7H2,1-2H3,(H,18,19). The van der Waals surface area contributed by atoms with Gasteiger partial charge < -0.3 is 15.1 Å². The first-order valence-electron chi connectivity index (χ1n) is 6.22. The number of carboxylic acid groups (broad SMARTS) is 1. The van der Waals surface area contributed by atoms with Crippen LogP contribution in [0.25, 0.3) is 0 Å². The van der Waals surface area contributed by atoms with Crippen LogP contribution in [0, 0.1) is 18.8 Å². The van der Waals surface area contributed by atoms with E-state index in [0.717, 1.165) is 5.56 Å². The maximum Gasteiger partial charge on any atom is 0.306 e. The quantitative estimate of drug-likeness (QED) is 0.866. The lowest BCUT2D eigenvalue weighted by Gasteiger charge is -2.41. The molecule has 1 amide bonds. The molecule has 102 valence electrons. The first-order valence-corrected chi connectivity index (χ1v) is 6.22. The van der Waals surface area contributed by atoms with Crippen LogP contribution in [0.1, 0.15) is 22.8 Å². The summed E-state index contributed by atoms with van der Waals surface area (Å²) in [5.41, 5.74) is 1.18. The highest BCUT2D eigenvalue weighted by atomic mass is 16.4. The lowest BCUT2D eigenvalue weighted by molar-refractivity contribution is -0.144. The van der Waals surface area contributed by atoms with E-state index in [2.05, 4.69) is 0 Å². The molecule has 5 heteroatoms. The van der Waals surface area contributed by atoms with Gasteiger partial charge in [0.1, 0.15) is 5.75 Å². The van der Waals surface area contributed by atoms with Crippen LogP contribution in [0.5, 0.6) is 5.75 Å². The molecule has 2 N–H and O–H groups in total. The number of aliphatic carboxylic acids is 1. The SMILES string of the molecule is Cc1ccc(O)c(C(=O)N2CC(C(C)C(=O)O)C2)c1. The van der Waals surface area contributed by atoms with E-state index in [0.29, 0.717) is 13.1 Å². The monoisotopic (exact) mass is 263 g/mol. The van der Waals surface area contributed by atoms with E-state index in [1.807, 2.05) is 6.92 Å². The van der Waals surface area contributed by atoms with Gasteiger partial charge >= 0.3 is 5.97 Å². The van der Waals surface area contributed by atoms with Crippen LogP contribution >= 0.6 is 0 Å². The summed E-state index contributed by atoms with van der Waals surface area (Å²) in [4.78, 5) is 24.6. The largest absolute Gasteiger partial charge is 0.507 e. The molecule has 0 radical (unpaired) electrons. The van der Waals surface area contributed by atoms with Gasteiger partial charge in [-0.3, -0.25) is 9.59 Å². The Morgan fingerprint density at radius 1 is 1.37 bits per heavy atom. The Kier molecular flexibility index (Phi) is 3.46. The predicted octanol–water partition coefficient (Wildman–Crippen LogP) is 1.49. The van der Waals surface area contributed by atoms with E-state index >= 15 is 0 Å². The fourth-order valence-electron chi connectivity index (χ4n) is 2.19. The lowest BCUT2D eigenvalue weighted by atomic mass is 9.86. The van der Waals surface area contributed by atoms with Crippen molar-refractivity contribution >= 4 is 11.9 Å². The molecule has 1 aliphatic heterocycles. The topological polar surface area (TPSA) is 77.8 Å². The molecule has 1 unspecified atom stereocenters. The Labute approximate surface area is 111 Å². The molecule has 0 bridgehead atoms. The second-order valence-corrected chi connectivity index (χ2v) is 5.12. The zero-order valence-corrected chi connectivity index (χ0v) is 11.0. The minimum Gasteiger partial charge on any atom is -0.507 e. The number of phenolic OH excluding ortho intramolecular Hbond substituents is 1. The normalized spacial score (nSPS) is 16.8. The number of aryl methyl sites for hydroxylation is 1. The smallest absolute Gasteiger partial charge is 0.306 e. The Balaban J connectivity index is 2.04. The van der Waals surface area contributed by atoms with E-state index in [1.165, 1.54) is 6.07 Å². The first kappa shape index (κ1) is 13.4. The molecule has 19 heavy (non-hydrogen) atoms. The number of carboxylic acids is 1. The van der Waals surface area contributed by atoms with Gasteiger partial charge in [0.2, 0.25) is 0 Å². The van der Waals surface area contributed by atoms with E-state index < -0.39 is 11.9 Å². The van der Waals surface area contributed by atoms with Crippen molar-refractivity contribution < 1.29 is 19.8 Å². The molecule has 0 spiro atoms. The summed E-state index contributed by atoms with van der Waals surface area (Å²) in [6, 6.07) is 4.88. The maximum atomic E-state index is 12.2. The van der Waals surface area contributed by atoms with Crippen LogP contribution in [0.4, 0.5) is 0 Å². The molecule has 0 aromatic heterocycles. The summed E-state index contributed by atoms with van der Waals surface area (Å²) < 4.78 is 0. The number of amides is 1. The van der Waals surface area contributed by atoms with Crippen molar-refractivity contribution in [1.29, 1.82) is 0 Å². The van der Waals surface area contributed by atoms with E-state index in [4.69, 9.17) is 5.11 Å². The van der Waals surface area contributed by atoms with Crippen molar-refractivity contribution in [3.05, 3.63) is 29.3 Å². The Morgan fingerprint density at radius 3 is 2.58 bits per heavy atom. The number of carbonyl (C=O) groups is 2. The van der Waals surface area contributed by atoms with Crippen LogP contribution in [0.15, 0.2) is 18.2 Å². The van der Waals surface area contributed by atoms with Crippen LogP contribution < -0.4 is 0 Å². The molecule has 2 rings (SSSR count). The predicted molar refractivity (Wildman–Crippen MR) is 69.0 cm³/mol. The first-order chi connectivity index (χ1) is 8.90. The summed E-state index contributed by atoms with van der Waals surface area (Å²) in [7, 11) is 0. The molecule has 1 atom stereocenters. The number of hydrogen-bond donors (Lipinski definition) is 2. The fourth-order valence-corrected chi connectivity index (χ4v) is 2.19. The number of nitrogens with zero attached hydrogens (tertiary/aromatic N) is 1. The zero-order valence-electron chi connectivity index (χ0n) is 11.0. The molecular formula is C14H17NO4. The summed E-state index contributed by atoms with van der Waals surface area (Å²) in [6.07, 6.45) is 0. The van der Waals surface area contributed by atoms with Gasteiger partial charge in [0.25, 0.3) is 5.91 Å². The van der Waals surface area contributed by atoms with Crippen LogP contribution in [-0.4, -0.2) is 40.1 Å². The van der Waals surface area contributed by atoms with E-state index in [9.17, 15) is 14.7 Å². The summed E-state index contributed by atoms with van der Waals surface area (Å²) in [5, 5.41) is 18.6. The highest BCUT2D eigenvalue weighted by Gasteiger charge is 2.37. The summed E-state index contributed by atoms with van der Waals surface area (Å²) >= 11 is 0. The molecule has 5 nitrogen and oxygen atoms in total. The number of benzene rings is 1. The van der Waals surface area contributed by atoms with Gasteiger partial charge in [0, 0.05) is 19.0 Å². The second kappa shape index (κ2) is 4.91. The van der Waals surface area contributed by atoms with Crippen molar-refractivity contribution in [2.45, 2.75) is 13.8 Å². The van der Waals surface area contributed by atoms with Crippen molar-refractivity contribution in [3.63, 3.8) is 0 Å². The number of carbonyl (C=O) groups excluding carboxylic acids is 1. The molecule has 1 heterocycles. The molecule has 1 saturated heterocycles. The molecule has 1 aromatic carbocycles. The Bertz CT molecular complexity index is 520. The number of likely N-dealkylation sites (tertiary alicyclic amines) is 1.